The fourth-order valence-electron chi connectivity index (χ4n) is 1.15. The summed E-state index contributed by atoms with van der Waals surface area (Å²) >= 11 is 0. The van der Waals surface area contributed by atoms with Crippen molar-refractivity contribution in [2.75, 3.05) is 7.11 Å². The average Bonchev–Trinajstić information content (AvgIpc) is 2.27. The zero-order valence-electron chi connectivity index (χ0n) is 8.71. The number of nitriles is 1. The van der Waals surface area contributed by atoms with E-state index in [0.717, 1.165) is 19.4 Å². The van der Waals surface area contributed by atoms with Gasteiger partial charge in [0, 0.05) is 6.20 Å². The molecule has 1 rings (SSSR count). The van der Waals surface area contributed by atoms with E-state index in [4.69, 9.17) is 5.26 Å². The Morgan fingerprint density at radius 1 is 1.59 bits per heavy atom. The molecule has 17 heavy (non-hydrogen) atoms. The maximum absolute atomic E-state index is 12.4. The van der Waals surface area contributed by atoms with Crippen molar-refractivity contribution in [2.45, 2.75) is 12.6 Å². The lowest BCUT2D eigenvalue weighted by Crippen LogP contribution is -2.12. The quantitative estimate of drug-likeness (QED) is 0.742. The highest BCUT2D eigenvalue weighted by atomic mass is 19.4. The van der Waals surface area contributed by atoms with Crippen molar-refractivity contribution >= 4 is 5.97 Å². The second-order valence-electron chi connectivity index (χ2n) is 3.10. The fourth-order valence-corrected chi connectivity index (χ4v) is 1.15. The molecule has 7 heteroatoms. The molecule has 0 unspecified atom stereocenters. The van der Waals surface area contributed by atoms with E-state index in [0.29, 0.717) is 0 Å². The number of methoxy groups -OCH3 is 1. The molecule has 0 atom stereocenters. The topological polar surface area (TPSA) is 63.0 Å². The first-order valence-electron chi connectivity index (χ1n) is 4.41. The van der Waals surface area contributed by atoms with E-state index in [2.05, 4.69) is 9.72 Å². The molecule has 1 heterocycles. The number of hydrogen-bond donors (Lipinski definition) is 0. The lowest BCUT2D eigenvalue weighted by Gasteiger charge is -2.08. The summed E-state index contributed by atoms with van der Waals surface area (Å²) in [6.07, 6.45) is -4.01. The van der Waals surface area contributed by atoms with E-state index < -0.39 is 23.4 Å². The van der Waals surface area contributed by atoms with E-state index in [1.54, 1.807) is 0 Å². The van der Waals surface area contributed by atoms with Crippen LogP contribution in [0.3, 0.4) is 0 Å². The van der Waals surface area contributed by atoms with Gasteiger partial charge in [0.1, 0.15) is 6.07 Å². The van der Waals surface area contributed by atoms with Crippen LogP contribution in [0, 0.1) is 11.3 Å². The normalized spacial score (nSPS) is 10.8. The number of ether oxygens (including phenoxy) is 1. The van der Waals surface area contributed by atoms with Crippen LogP contribution in [0.15, 0.2) is 12.3 Å². The molecule has 0 spiro atoms. The van der Waals surface area contributed by atoms with Crippen LogP contribution < -0.4 is 0 Å². The molecule has 1 aromatic heterocycles. The van der Waals surface area contributed by atoms with Gasteiger partial charge in [0.05, 0.1) is 19.1 Å². The number of esters is 1. The Morgan fingerprint density at radius 2 is 2.24 bits per heavy atom. The number of hydrogen-bond acceptors (Lipinski definition) is 4. The van der Waals surface area contributed by atoms with Crippen molar-refractivity contribution in [1.29, 1.82) is 5.26 Å². The van der Waals surface area contributed by atoms with Gasteiger partial charge >= 0.3 is 12.1 Å². The molecule has 0 saturated carbocycles. The number of halogens is 3. The van der Waals surface area contributed by atoms with Gasteiger partial charge in [-0.05, 0) is 11.6 Å². The molecule has 0 aromatic carbocycles. The zero-order chi connectivity index (χ0) is 13.1. The van der Waals surface area contributed by atoms with Crippen LogP contribution in [-0.2, 0) is 22.1 Å². The van der Waals surface area contributed by atoms with Gasteiger partial charge in [-0.3, -0.25) is 9.78 Å². The van der Waals surface area contributed by atoms with E-state index in [9.17, 15) is 18.0 Å². The summed E-state index contributed by atoms with van der Waals surface area (Å²) in [4.78, 5) is 14.1. The molecule has 0 radical (unpaired) electrons. The summed E-state index contributed by atoms with van der Waals surface area (Å²) in [5, 5.41) is 8.59. The molecule has 4 nitrogen and oxygen atoms in total. The van der Waals surface area contributed by atoms with Crippen molar-refractivity contribution in [2.24, 2.45) is 0 Å². The Hall–Kier alpha value is -2.10. The lowest BCUT2D eigenvalue weighted by atomic mass is 10.1. The standard InChI is InChI=1S/C10H7F3N2O2/c1-17-8(16)3-6-2-7(4-14)9(15-5-6)10(11,12)13/h2,5H,3H2,1H3. The van der Waals surface area contributed by atoms with Crippen LogP contribution in [-0.4, -0.2) is 18.1 Å². The third-order valence-electron chi connectivity index (χ3n) is 1.91. The van der Waals surface area contributed by atoms with Gasteiger partial charge in [0.2, 0.25) is 0 Å². The van der Waals surface area contributed by atoms with E-state index >= 15 is 0 Å². The Kier molecular flexibility index (Phi) is 3.68. The van der Waals surface area contributed by atoms with E-state index in [1.807, 2.05) is 0 Å². The Balaban J connectivity index is 3.10. The van der Waals surface area contributed by atoms with Gasteiger partial charge in [-0.25, -0.2) is 0 Å². The first kappa shape index (κ1) is 13.0. The smallest absolute Gasteiger partial charge is 0.434 e. The summed E-state index contributed by atoms with van der Waals surface area (Å²) in [6, 6.07) is 2.38. The summed E-state index contributed by atoms with van der Waals surface area (Å²) in [5.41, 5.74) is -1.67. The van der Waals surface area contributed by atoms with Crippen molar-refractivity contribution in [3.63, 3.8) is 0 Å². The second kappa shape index (κ2) is 4.82. The highest BCUT2D eigenvalue weighted by molar-refractivity contribution is 5.72. The van der Waals surface area contributed by atoms with Crippen LogP contribution in [0.1, 0.15) is 16.8 Å². The summed E-state index contributed by atoms with van der Waals surface area (Å²) < 4.78 is 41.5. The monoisotopic (exact) mass is 244 g/mol. The van der Waals surface area contributed by atoms with Crippen LogP contribution in [0.4, 0.5) is 13.2 Å². The van der Waals surface area contributed by atoms with Crippen molar-refractivity contribution < 1.29 is 22.7 Å². The molecule has 0 N–H and O–H groups in total. The first-order valence-corrected chi connectivity index (χ1v) is 4.41. The Bertz CT molecular complexity index is 477. The number of carbonyl (C=O) groups is 1. The molecular weight excluding hydrogens is 237 g/mol. The van der Waals surface area contributed by atoms with Crippen molar-refractivity contribution in [3.8, 4) is 6.07 Å². The highest BCUT2D eigenvalue weighted by Gasteiger charge is 2.35. The van der Waals surface area contributed by atoms with Crippen LogP contribution in [0.5, 0.6) is 0 Å². The molecule has 90 valence electrons. The van der Waals surface area contributed by atoms with Crippen LogP contribution >= 0.6 is 0 Å². The third kappa shape index (κ3) is 3.17. The third-order valence-corrected chi connectivity index (χ3v) is 1.91. The molecule has 0 aliphatic heterocycles. The van der Waals surface area contributed by atoms with Gasteiger partial charge in [-0.15, -0.1) is 0 Å². The van der Waals surface area contributed by atoms with Crippen LogP contribution in [0.2, 0.25) is 0 Å². The number of rotatable bonds is 2. The minimum absolute atomic E-state index is 0.196. The van der Waals surface area contributed by atoms with Crippen LogP contribution in [0.25, 0.3) is 0 Å². The van der Waals surface area contributed by atoms with Gasteiger partial charge < -0.3 is 4.74 Å². The predicted octanol–water partition coefficient (Wildman–Crippen LogP) is 1.69. The summed E-state index contributed by atoms with van der Waals surface area (Å²) in [7, 11) is 1.16. The largest absolute Gasteiger partial charge is 0.469 e. The molecule has 0 amide bonds. The number of pyridine rings is 1. The molecule has 0 aliphatic carbocycles. The predicted molar refractivity (Wildman–Crippen MR) is 49.7 cm³/mol. The van der Waals surface area contributed by atoms with Gasteiger partial charge in [0.15, 0.2) is 5.69 Å². The van der Waals surface area contributed by atoms with Gasteiger partial charge in [0.25, 0.3) is 0 Å². The van der Waals surface area contributed by atoms with E-state index in [-0.39, 0.29) is 12.0 Å². The number of alkyl halides is 3. The van der Waals surface area contributed by atoms with Crippen molar-refractivity contribution in [3.05, 3.63) is 29.1 Å². The summed E-state index contributed by atoms with van der Waals surface area (Å²) in [6.45, 7) is 0. The highest BCUT2D eigenvalue weighted by Crippen LogP contribution is 2.30. The average molecular weight is 244 g/mol. The molecule has 0 fully saturated rings. The van der Waals surface area contributed by atoms with Gasteiger partial charge in [-0.1, -0.05) is 0 Å². The fraction of sp³-hybridized carbons (Fsp3) is 0.300. The summed E-state index contributed by atoms with van der Waals surface area (Å²) in [5.74, 6) is -0.615. The number of carbonyl (C=O) groups excluding carboxylic acids is 1. The zero-order valence-corrected chi connectivity index (χ0v) is 8.71. The van der Waals surface area contributed by atoms with Crippen molar-refractivity contribution in [1.82, 2.24) is 4.98 Å². The maximum atomic E-state index is 12.4. The Morgan fingerprint density at radius 3 is 2.71 bits per heavy atom. The van der Waals surface area contributed by atoms with Gasteiger partial charge in [-0.2, -0.15) is 18.4 Å². The molecule has 1 aromatic rings. The first-order chi connectivity index (χ1) is 7.88. The Labute approximate surface area is 94.6 Å². The lowest BCUT2D eigenvalue weighted by molar-refractivity contribution is -0.141. The van der Waals surface area contributed by atoms with E-state index in [1.165, 1.54) is 6.07 Å². The second-order valence-corrected chi connectivity index (χ2v) is 3.10. The number of nitrogens with zero attached hydrogens (tertiary/aromatic N) is 2. The SMILES string of the molecule is COC(=O)Cc1cnc(C(F)(F)F)c(C#N)c1. The molecule has 0 aliphatic rings. The maximum Gasteiger partial charge on any atom is 0.434 e. The minimum Gasteiger partial charge on any atom is -0.469 e. The molecular formula is C10H7F3N2O2. The minimum atomic E-state index is -4.69. The molecule has 0 bridgehead atoms. The molecule has 0 saturated heterocycles. The number of aromatic nitrogens is 1.